The van der Waals surface area contributed by atoms with Crippen LogP contribution in [0.4, 0.5) is 0 Å². The van der Waals surface area contributed by atoms with Crippen molar-refractivity contribution in [2.24, 2.45) is 23.2 Å². The molecule has 3 saturated carbocycles. The molecular weight excluding hydrogens is 244 g/mol. The monoisotopic (exact) mass is 264 g/mol. The minimum atomic E-state index is -0.955. The molecule has 0 aromatic carbocycles. The van der Waals surface area contributed by atoms with Crippen molar-refractivity contribution in [3.63, 3.8) is 0 Å². The van der Waals surface area contributed by atoms with E-state index >= 15 is 0 Å². The molecule has 104 valence electrons. The highest BCUT2D eigenvalue weighted by molar-refractivity contribution is 5.91. The molecule has 0 aromatic rings. The van der Waals surface area contributed by atoms with E-state index in [4.69, 9.17) is 4.74 Å². The highest BCUT2D eigenvalue weighted by Crippen LogP contribution is 2.73. The number of esters is 1. The first kappa shape index (κ1) is 11.9. The number of rotatable bonds is 1. The summed E-state index contributed by atoms with van der Waals surface area (Å²) in [6, 6.07) is 0. The van der Waals surface area contributed by atoms with Gasteiger partial charge in [-0.25, -0.2) is 4.79 Å². The van der Waals surface area contributed by atoms with Crippen molar-refractivity contribution < 1.29 is 19.7 Å². The maximum atomic E-state index is 11.7. The van der Waals surface area contributed by atoms with E-state index < -0.39 is 5.60 Å². The zero-order valence-corrected chi connectivity index (χ0v) is 11.3. The lowest BCUT2D eigenvalue weighted by molar-refractivity contribution is -0.144. The Bertz CT molecular complexity index is 510. The molecule has 4 heteroatoms. The van der Waals surface area contributed by atoms with E-state index in [2.05, 4.69) is 6.92 Å². The number of ether oxygens (including phenoxy) is 1. The van der Waals surface area contributed by atoms with Crippen LogP contribution < -0.4 is 0 Å². The Kier molecular flexibility index (Phi) is 2.03. The van der Waals surface area contributed by atoms with Gasteiger partial charge in [0, 0.05) is 5.57 Å². The molecule has 19 heavy (non-hydrogen) atoms. The number of carbonyl (C=O) groups is 1. The third-order valence-electron chi connectivity index (χ3n) is 6.41. The van der Waals surface area contributed by atoms with Gasteiger partial charge < -0.3 is 14.9 Å². The van der Waals surface area contributed by atoms with Crippen LogP contribution in [-0.4, -0.2) is 34.5 Å². The lowest BCUT2D eigenvalue weighted by Gasteiger charge is -2.46. The molecule has 4 aliphatic rings. The van der Waals surface area contributed by atoms with Crippen LogP contribution in [0.3, 0.4) is 0 Å². The van der Waals surface area contributed by atoms with E-state index in [1.54, 1.807) is 0 Å². The Labute approximate surface area is 112 Å². The Balaban J connectivity index is 1.77. The SMILES string of the molecule is CC1=C2CC3C(C)(CC2OC1=O)C1CC1C3(O)CO. The van der Waals surface area contributed by atoms with Crippen molar-refractivity contribution in [3.8, 4) is 0 Å². The van der Waals surface area contributed by atoms with E-state index in [1.807, 2.05) is 6.92 Å². The van der Waals surface area contributed by atoms with E-state index in [0.717, 1.165) is 18.4 Å². The summed E-state index contributed by atoms with van der Waals surface area (Å²) in [6.45, 7) is 3.85. The standard InChI is InChI=1S/C15H20O4/c1-7-8-3-12-14(2,5-11(8)19-13(7)17)9-4-10(9)15(12,18)6-16/h9-12,16,18H,3-6H2,1-2H3. The van der Waals surface area contributed by atoms with E-state index in [0.29, 0.717) is 17.9 Å². The first-order valence-electron chi connectivity index (χ1n) is 7.15. The summed E-state index contributed by atoms with van der Waals surface area (Å²) in [5.41, 5.74) is 0.818. The summed E-state index contributed by atoms with van der Waals surface area (Å²) in [5, 5.41) is 20.5. The summed E-state index contributed by atoms with van der Waals surface area (Å²) in [5.74, 6) is 0.576. The maximum absolute atomic E-state index is 11.7. The van der Waals surface area contributed by atoms with Crippen LogP contribution in [0.2, 0.25) is 0 Å². The molecule has 6 unspecified atom stereocenters. The van der Waals surface area contributed by atoms with Crippen LogP contribution in [0, 0.1) is 23.2 Å². The van der Waals surface area contributed by atoms with Crippen LogP contribution in [0.1, 0.15) is 33.1 Å². The molecule has 1 aliphatic heterocycles. The number of hydrogen-bond donors (Lipinski definition) is 2. The summed E-state index contributed by atoms with van der Waals surface area (Å²) >= 11 is 0. The maximum Gasteiger partial charge on any atom is 0.334 e. The zero-order valence-electron chi connectivity index (χ0n) is 11.3. The topological polar surface area (TPSA) is 66.8 Å². The fourth-order valence-electron chi connectivity index (χ4n) is 5.23. The van der Waals surface area contributed by atoms with Crippen LogP contribution in [-0.2, 0) is 9.53 Å². The molecule has 0 spiro atoms. The quantitative estimate of drug-likeness (QED) is 0.694. The van der Waals surface area contributed by atoms with Crippen LogP contribution in [0.5, 0.6) is 0 Å². The van der Waals surface area contributed by atoms with Crippen molar-refractivity contribution in [1.29, 1.82) is 0 Å². The van der Waals surface area contributed by atoms with Gasteiger partial charge in [-0.1, -0.05) is 6.92 Å². The summed E-state index contributed by atoms with van der Waals surface area (Å²) in [4.78, 5) is 11.7. The second-order valence-electron chi connectivity index (χ2n) is 7.11. The first-order chi connectivity index (χ1) is 8.91. The minimum absolute atomic E-state index is 0.00120. The molecule has 0 radical (unpaired) electrons. The molecule has 3 aliphatic carbocycles. The summed E-state index contributed by atoms with van der Waals surface area (Å²) in [6.07, 6.45) is 2.42. The van der Waals surface area contributed by atoms with Crippen molar-refractivity contribution in [2.45, 2.75) is 44.8 Å². The van der Waals surface area contributed by atoms with Gasteiger partial charge in [-0.3, -0.25) is 0 Å². The number of aliphatic hydroxyl groups excluding tert-OH is 1. The van der Waals surface area contributed by atoms with E-state index in [1.165, 1.54) is 0 Å². The van der Waals surface area contributed by atoms with Gasteiger partial charge in [-0.2, -0.15) is 0 Å². The number of aliphatic hydroxyl groups is 2. The lowest BCUT2D eigenvalue weighted by atomic mass is 9.61. The third kappa shape index (κ3) is 1.20. The molecule has 4 nitrogen and oxygen atoms in total. The molecule has 0 saturated heterocycles. The first-order valence-corrected chi connectivity index (χ1v) is 7.15. The second-order valence-corrected chi connectivity index (χ2v) is 7.11. The van der Waals surface area contributed by atoms with E-state index in [9.17, 15) is 15.0 Å². The predicted octanol–water partition coefficient (Wildman–Crippen LogP) is 1.02. The minimum Gasteiger partial charge on any atom is -0.454 e. The largest absolute Gasteiger partial charge is 0.454 e. The highest BCUT2D eigenvalue weighted by Gasteiger charge is 2.74. The average Bonchev–Trinajstić information content (AvgIpc) is 3.10. The second kappa shape index (κ2) is 3.23. The molecule has 4 rings (SSSR count). The van der Waals surface area contributed by atoms with Gasteiger partial charge >= 0.3 is 5.97 Å². The van der Waals surface area contributed by atoms with Crippen LogP contribution >= 0.6 is 0 Å². The predicted molar refractivity (Wildman–Crippen MR) is 67.0 cm³/mol. The fraction of sp³-hybridized carbons (Fsp3) is 0.800. The van der Waals surface area contributed by atoms with E-state index in [-0.39, 0.29) is 35.9 Å². The van der Waals surface area contributed by atoms with Crippen molar-refractivity contribution in [3.05, 3.63) is 11.1 Å². The lowest BCUT2D eigenvalue weighted by Crippen LogP contribution is -2.50. The normalized spacial score (nSPS) is 54.6. The Morgan fingerprint density at radius 2 is 2.16 bits per heavy atom. The van der Waals surface area contributed by atoms with Crippen molar-refractivity contribution in [1.82, 2.24) is 0 Å². The third-order valence-corrected chi connectivity index (χ3v) is 6.41. The fourth-order valence-corrected chi connectivity index (χ4v) is 5.23. The molecule has 0 amide bonds. The molecular formula is C15H20O4. The zero-order chi connectivity index (χ0) is 13.6. The van der Waals surface area contributed by atoms with Gasteiger partial charge in [-0.15, -0.1) is 0 Å². The molecule has 0 bridgehead atoms. The van der Waals surface area contributed by atoms with Gasteiger partial charge in [-0.05, 0) is 54.9 Å². The van der Waals surface area contributed by atoms with Crippen LogP contribution in [0.25, 0.3) is 0 Å². The van der Waals surface area contributed by atoms with Gasteiger partial charge in [0.25, 0.3) is 0 Å². The average molecular weight is 264 g/mol. The van der Waals surface area contributed by atoms with Gasteiger partial charge in [0.1, 0.15) is 6.10 Å². The smallest absolute Gasteiger partial charge is 0.334 e. The molecule has 3 fully saturated rings. The van der Waals surface area contributed by atoms with Crippen LogP contribution in [0.15, 0.2) is 11.1 Å². The van der Waals surface area contributed by atoms with Crippen molar-refractivity contribution >= 4 is 5.97 Å². The number of fused-ring (bicyclic) bond motifs is 4. The van der Waals surface area contributed by atoms with Gasteiger partial charge in [0.2, 0.25) is 0 Å². The van der Waals surface area contributed by atoms with Crippen molar-refractivity contribution in [2.75, 3.05) is 6.61 Å². The van der Waals surface area contributed by atoms with Gasteiger partial charge in [0.05, 0.1) is 12.2 Å². The van der Waals surface area contributed by atoms with Gasteiger partial charge in [0.15, 0.2) is 0 Å². The highest BCUT2D eigenvalue weighted by atomic mass is 16.5. The molecule has 0 aromatic heterocycles. The summed E-state index contributed by atoms with van der Waals surface area (Å²) < 4.78 is 5.46. The molecule has 6 atom stereocenters. The Hall–Kier alpha value is -0.870. The number of hydrogen-bond acceptors (Lipinski definition) is 4. The number of carbonyl (C=O) groups excluding carboxylic acids is 1. The Morgan fingerprint density at radius 1 is 1.42 bits per heavy atom. The Morgan fingerprint density at radius 3 is 2.84 bits per heavy atom. The summed E-state index contributed by atoms with van der Waals surface area (Å²) in [7, 11) is 0. The molecule has 2 N–H and O–H groups in total. The molecule has 1 heterocycles.